The first kappa shape index (κ1) is 19.5. The quantitative estimate of drug-likeness (QED) is 0.560. The van der Waals surface area contributed by atoms with Gasteiger partial charge in [0.2, 0.25) is 0 Å². The topological polar surface area (TPSA) is 116 Å². The molecule has 25 heavy (non-hydrogen) atoms. The summed E-state index contributed by atoms with van der Waals surface area (Å²) in [6, 6.07) is -1.42. The van der Waals surface area contributed by atoms with Crippen molar-refractivity contribution in [1.82, 2.24) is 4.90 Å². The largest absolute Gasteiger partial charge is 0.480 e. The van der Waals surface area contributed by atoms with Crippen LogP contribution in [0.2, 0.25) is 0 Å². The molecule has 0 aromatic rings. The maximum Gasteiger partial charge on any atom is 0.328 e. The molecule has 0 radical (unpaired) electrons. The van der Waals surface area contributed by atoms with Crippen LogP contribution in [0.15, 0.2) is 17.3 Å². The molecule has 0 spiro atoms. The normalized spacial score (nSPS) is 27.5. The fourth-order valence-corrected chi connectivity index (χ4v) is 3.81. The summed E-state index contributed by atoms with van der Waals surface area (Å²) in [5.74, 6) is -1.79. The Labute approximate surface area is 152 Å². The van der Waals surface area contributed by atoms with Gasteiger partial charge in [0.15, 0.2) is 0 Å². The molecule has 0 amide bonds. The molecular weight excluding hydrogens is 342 g/mol. The van der Waals surface area contributed by atoms with E-state index in [9.17, 15) is 14.7 Å². The lowest BCUT2D eigenvalue weighted by molar-refractivity contribution is -0.139. The fourth-order valence-electron chi connectivity index (χ4n) is 3.58. The Kier molecular flexibility index (Phi) is 7.07. The molecule has 0 saturated carbocycles. The van der Waals surface area contributed by atoms with Crippen molar-refractivity contribution in [3.63, 3.8) is 0 Å². The minimum absolute atomic E-state index is 0.140. The molecule has 0 aromatic heterocycles. The van der Waals surface area contributed by atoms with Crippen molar-refractivity contribution in [1.29, 1.82) is 0 Å². The number of allylic oxidation sites excluding steroid dienone is 1. The number of aliphatic imine (C=N–C) groups is 1. The maximum absolute atomic E-state index is 11.3. The van der Waals surface area contributed by atoms with E-state index in [1.807, 2.05) is 11.1 Å². The van der Waals surface area contributed by atoms with E-state index < -0.39 is 24.0 Å². The Bertz CT molecular complexity index is 578. The first-order valence-corrected chi connectivity index (χ1v) is 9.08. The van der Waals surface area contributed by atoms with Gasteiger partial charge in [0, 0.05) is 23.9 Å². The number of hydrogen-bond donors (Lipinski definition) is 3. The SMILES string of the molecule is NC(CCCC1=NC(C(=O)O)CCC1C1CCC=CN1C=S)C(=O)O. The fraction of sp³-hybridized carbons (Fsp3) is 0.647. The molecule has 0 fully saturated rings. The third kappa shape index (κ3) is 5.09. The summed E-state index contributed by atoms with van der Waals surface area (Å²) in [6.07, 6.45) is 8.71. The van der Waals surface area contributed by atoms with Crippen LogP contribution in [0.4, 0.5) is 0 Å². The summed E-state index contributed by atoms with van der Waals surface area (Å²) >= 11 is 5.11. The van der Waals surface area contributed by atoms with Gasteiger partial charge in [-0.1, -0.05) is 18.3 Å². The maximum atomic E-state index is 11.3. The van der Waals surface area contributed by atoms with Gasteiger partial charge in [-0.15, -0.1) is 0 Å². The van der Waals surface area contributed by atoms with Crippen molar-refractivity contribution in [2.24, 2.45) is 16.6 Å². The van der Waals surface area contributed by atoms with Gasteiger partial charge in [-0.05, 0) is 44.9 Å². The van der Waals surface area contributed by atoms with Gasteiger partial charge in [-0.2, -0.15) is 0 Å². The van der Waals surface area contributed by atoms with Crippen LogP contribution in [0, 0.1) is 5.92 Å². The van der Waals surface area contributed by atoms with Crippen LogP contribution < -0.4 is 5.73 Å². The molecule has 0 bridgehead atoms. The van der Waals surface area contributed by atoms with Crippen LogP contribution in [0.1, 0.15) is 44.9 Å². The van der Waals surface area contributed by atoms with Crippen LogP contribution in [0.25, 0.3) is 0 Å². The monoisotopic (exact) mass is 367 g/mol. The van der Waals surface area contributed by atoms with Gasteiger partial charge in [0.25, 0.3) is 0 Å². The molecule has 8 heteroatoms. The van der Waals surface area contributed by atoms with E-state index >= 15 is 0 Å². The third-order valence-electron chi connectivity index (χ3n) is 4.93. The van der Waals surface area contributed by atoms with E-state index in [0.717, 1.165) is 25.0 Å². The molecule has 0 saturated heterocycles. The van der Waals surface area contributed by atoms with Crippen molar-refractivity contribution >= 4 is 35.4 Å². The molecule has 2 rings (SSSR count). The van der Waals surface area contributed by atoms with Crippen LogP contribution in [-0.2, 0) is 9.59 Å². The summed E-state index contributed by atoms with van der Waals surface area (Å²) < 4.78 is 0. The minimum Gasteiger partial charge on any atom is -0.480 e. The molecule has 2 aliphatic rings. The van der Waals surface area contributed by atoms with Gasteiger partial charge >= 0.3 is 11.9 Å². The molecule has 0 aromatic carbocycles. The molecule has 0 aliphatic carbocycles. The molecule has 7 nitrogen and oxygen atoms in total. The molecule has 138 valence electrons. The van der Waals surface area contributed by atoms with Crippen molar-refractivity contribution in [3.8, 4) is 0 Å². The van der Waals surface area contributed by atoms with E-state index in [4.69, 9.17) is 23.1 Å². The van der Waals surface area contributed by atoms with Crippen LogP contribution in [0.3, 0.4) is 0 Å². The number of thiocarbonyl (C=S) groups is 1. The lowest BCUT2D eigenvalue weighted by Crippen LogP contribution is -2.44. The Balaban J connectivity index is 2.12. The summed E-state index contributed by atoms with van der Waals surface area (Å²) in [6.45, 7) is 0. The first-order chi connectivity index (χ1) is 11.9. The Hall–Kier alpha value is -1.80. The van der Waals surface area contributed by atoms with E-state index in [1.165, 1.54) is 0 Å². The standard InChI is InChI=1S/C17H25N3O4S/c18-12(16(21)22)4-3-5-13-11(7-8-14(19-13)17(23)24)15-6-1-2-9-20(15)10-25/h2,9-12,14-15H,1,3-8,18H2,(H,21,22)(H,23,24). The van der Waals surface area contributed by atoms with Crippen molar-refractivity contribution in [2.45, 2.75) is 63.1 Å². The smallest absolute Gasteiger partial charge is 0.328 e. The second kappa shape index (κ2) is 9.05. The zero-order valence-corrected chi connectivity index (χ0v) is 14.9. The molecule has 2 aliphatic heterocycles. The van der Waals surface area contributed by atoms with Gasteiger partial charge in [0.1, 0.15) is 12.1 Å². The van der Waals surface area contributed by atoms with E-state index in [0.29, 0.717) is 25.7 Å². The Morgan fingerprint density at radius 2 is 2.16 bits per heavy atom. The highest BCUT2D eigenvalue weighted by Gasteiger charge is 2.35. The number of rotatable bonds is 8. The molecule has 4 unspecified atom stereocenters. The van der Waals surface area contributed by atoms with Gasteiger partial charge in [-0.25, -0.2) is 4.79 Å². The number of hydrogen-bond acceptors (Lipinski definition) is 5. The number of carboxylic acid groups (broad SMARTS) is 2. The Morgan fingerprint density at radius 3 is 2.80 bits per heavy atom. The minimum atomic E-state index is -1.02. The molecule has 2 heterocycles. The first-order valence-electron chi connectivity index (χ1n) is 8.61. The average molecular weight is 367 g/mol. The number of nitrogens with two attached hydrogens (primary N) is 1. The summed E-state index contributed by atoms with van der Waals surface area (Å²) in [5, 5.41) is 18.2. The van der Waals surface area contributed by atoms with Crippen molar-refractivity contribution in [2.75, 3.05) is 0 Å². The number of carboxylic acids is 2. The summed E-state index contributed by atoms with van der Waals surface area (Å²) in [4.78, 5) is 28.7. The summed E-state index contributed by atoms with van der Waals surface area (Å²) in [7, 11) is 0. The molecule has 4 N–H and O–H groups in total. The predicted molar refractivity (Wildman–Crippen MR) is 98.7 cm³/mol. The van der Waals surface area contributed by atoms with Crippen LogP contribution in [-0.4, -0.2) is 56.4 Å². The van der Waals surface area contributed by atoms with E-state index in [1.54, 1.807) is 5.49 Å². The van der Waals surface area contributed by atoms with E-state index in [2.05, 4.69) is 11.1 Å². The number of aliphatic carboxylic acids is 2. The Morgan fingerprint density at radius 1 is 1.40 bits per heavy atom. The molecular formula is C17H25N3O4S. The highest BCUT2D eigenvalue weighted by molar-refractivity contribution is 7.78. The van der Waals surface area contributed by atoms with Gasteiger partial charge < -0.3 is 20.8 Å². The zero-order valence-electron chi connectivity index (χ0n) is 14.1. The lowest BCUT2D eigenvalue weighted by Gasteiger charge is -2.39. The average Bonchev–Trinajstić information content (AvgIpc) is 2.61. The highest BCUT2D eigenvalue weighted by atomic mass is 32.1. The van der Waals surface area contributed by atoms with Crippen LogP contribution >= 0.6 is 12.2 Å². The second-order valence-electron chi connectivity index (χ2n) is 6.58. The van der Waals surface area contributed by atoms with Crippen molar-refractivity contribution < 1.29 is 19.8 Å². The lowest BCUT2D eigenvalue weighted by atomic mass is 9.80. The zero-order chi connectivity index (χ0) is 18.4. The summed E-state index contributed by atoms with van der Waals surface area (Å²) in [5.41, 5.74) is 8.05. The van der Waals surface area contributed by atoms with Gasteiger partial charge in [0.05, 0.1) is 5.49 Å². The van der Waals surface area contributed by atoms with Crippen LogP contribution in [0.5, 0.6) is 0 Å². The molecule has 4 atom stereocenters. The van der Waals surface area contributed by atoms with Crippen molar-refractivity contribution in [3.05, 3.63) is 12.3 Å². The number of carbonyl (C=O) groups is 2. The van der Waals surface area contributed by atoms with E-state index in [-0.39, 0.29) is 12.0 Å². The highest BCUT2D eigenvalue weighted by Crippen LogP contribution is 2.31. The third-order valence-corrected chi connectivity index (χ3v) is 5.17. The predicted octanol–water partition coefficient (Wildman–Crippen LogP) is 1.81. The second-order valence-corrected chi connectivity index (χ2v) is 6.79. The number of nitrogens with zero attached hydrogens (tertiary/aromatic N) is 2. The van der Waals surface area contributed by atoms with Gasteiger partial charge in [-0.3, -0.25) is 9.79 Å².